The zero-order valence-corrected chi connectivity index (χ0v) is 11.3. The minimum Gasteiger partial charge on any atom is -0.396 e. The fraction of sp³-hybridized carbons (Fsp3) is 0.600. The molecule has 0 saturated carbocycles. The zero-order chi connectivity index (χ0) is 12.7. The van der Waals surface area contributed by atoms with Crippen LogP contribution in [0.3, 0.4) is 0 Å². The van der Waals surface area contributed by atoms with Crippen LogP contribution in [0.1, 0.15) is 44.7 Å². The molecule has 0 heterocycles. The van der Waals surface area contributed by atoms with Crippen molar-refractivity contribution >= 4 is 0 Å². The summed E-state index contributed by atoms with van der Waals surface area (Å²) in [7, 11) is 0. The minimum absolute atomic E-state index is 0.114. The number of rotatable bonds is 7. The van der Waals surface area contributed by atoms with E-state index in [0.717, 1.165) is 25.8 Å². The third-order valence-electron chi connectivity index (χ3n) is 3.38. The van der Waals surface area contributed by atoms with Crippen LogP contribution in [0, 0.1) is 0 Å². The molecule has 17 heavy (non-hydrogen) atoms. The molecule has 1 unspecified atom stereocenters. The third-order valence-corrected chi connectivity index (χ3v) is 3.38. The molecule has 0 saturated heterocycles. The monoisotopic (exact) mass is 235 g/mol. The summed E-state index contributed by atoms with van der Waals surface area (Å²) in [6, 6.07) is 8.71. The average molecular weight is 235 g/mol. The second-order valence-electron chi connectivity index (χ2n) is 4.78. The number of hydrogen-bond donors (Lipinski definition) is 2. The van der Waals surface area contributed by atoms with Crippen LogP contribution in [0.2, 0.25) is 0 Å². The average Bonchev–Trinajstić information content (AvgIpc) is 2.37. The molecular formula is C15H25NO. The van der Waals surface area contributed by atoms with Gasteiger partial charge in [-0.15, -0.1) is 0 Å². The van der Waals surface area contributed by atoms with Crippen LogP contribution in [0.4, 0.5) is 0 Å². The van der Waals surface area contributed by atoms with E-state index in [0.29, 0.717) is 0 Å². The van der Waals surface area contributed by atoms with E-state index in [1.165, 1.54) is 11.1 Å². The number of aliphatic hydroxyl groups is 1. The van der Waals surface area contributed by atoms with E-state index in [2.05, 4.69) is 50.4 Å². The van der Waals surface area contributed by atoms with Gasteiger partial charge in [-0.1, -0.05) is 38.1 Å². The Morgan fingerprint density at radius 3 is 2.29 bits per heavy atom. The van der Waals surface area contributed by atoms with Gasteiger partial charge in [-0.05, 0) is 43.9 Å². The maximum Gasteiger partial charge on any atom is 0.0451 e. The van der Waals surface area contributed by atoms with Crippen LogP contribution in [0.5, 0.6) is 0 Å². The van der Waals surface area contributed by atoms with Crippen LogP contribution < -0.4 is 5.32 Å². The summed E-state index contributed by atoms with van der Waals surface area (Å²) in [5, 5.41) is 12.8. The molecule has 96 valence electrons. The molecule has 0 aliphatic heterocycles. The lowest BCUT2D eigenvalue weighted by molar-refractivity contribution is 0.221. The Kier molecular flexibility index (Phi) is 5.66. The summed E-state index contributed by atoms with van der Waals surface area (Å²) in [5.41, 5.74) is 2.50. The number of aliphatic hydroxyl groups excluding tert-OH is 1. The molecule has 1 atom stereocenters. The van der Waals surface area contributed by atoms with Crippen molar-refractivity contribution in [2.75, 3.05) is 13.2 Å². The van der Waals surface area contributed by atoms with Gasteiger partial charge in [0.15, 0.2) is 0 Å². The molecule has 0 spiro atoms. The first-order valence-corrected chi connectivity index (χ1v) is 6.61. The molecule has 1 aromatic carbocycles. The summed E-state index contributed by atoms with van der Waals surface area (Å²) in [6.07, 6.45) is 2.92. The summed E-state index contributed by atoms with van der Waals surface area (Å²) in [5.74, 6) is 0. The SMILES string of the molecule is CCCNC(C)(CCO)c1ccc(CC)cc1. The summed E-state index contributed by atoms with van der Waals surface area (Å²) in [4.78, 5) is 0. The van der Waals surface area contributed by atoms with E-state index in [4.69, 9.17) is 0 Å². The molecule has 0 aliphatic rings. The van der Waals surface area contributed by atoms with Gasteiger partial charge >= 0.3 is 0 Å². The number of hydrogen-bond acceptors (Lipinski definition) is 2. The molecule has 0 amide bonds. The molecule has 0 aliphatic carbocycles. The fourth-order valence-electron chi connectivity index (χ4n) is 2.07. The van der Waals surface area contributed by atoms with Gasteiger partial charge in [0, 0.05) is 12.1 Å². The van der Waals surface area contributed by atoms with Crippen LogP contribution in [-0.4, -0.2) is 18.3 Å². The van der Waals surface area contributed by atoms with Gasteiger partial charge in [0.05, 0.1) is 0 Å². The molecule has 0 aromatic heterocycles. The summed E-state index contributed by atoms with van der Waals surface area (Å²) >= 11 is 0. The summed E-state index contributed by atoms with van der Waals surface area (Å²) < 4.78 is 0. The van der Waals surface area contributed by atoms with Crippen LogP contribution >= 0.6 is 0 Å². The highest BCUT2D eigenvalue weighted by molar-refractivity contribution is 5.28. The standard InChI is InChI=1S/C15H25NO/c1-4-11-16-15(3,10-12-17)14-8-6-13(5-2)7-9-14/h6-9,16-17H,4-5,10-12H2,1-3H3. The highest BCUT2D eigenvalue weighted by Gasteiger charge is 2.24. The smallest absolute Gasteiger partial charge is 0.0451 e. The van der Waals surface area contributed by atoms with Gasteiger partial charge in [0.25, 0.3) is 0 Å². The second kappa shape index (κ2) is 6.77. The lowest BCUT2D eigenvalue weighted by Crippen LogP contribution is -2.40. The van der Waals surface area contributed by atoms with Crippen molar-refractivity contribution in [1.82, 2.24) is 5.32 Å². The fourth-order valence-corrected chi connectivity index (χ4v) is 2.07. The Bertz CT molecular complexity index is 320. The van der Waals surface area contributed by atoms with E-state index in [1.54, 1.807) is 0 Å². The molecule has 0 fully saturated rings. The normalized spacial score (nSPS) is 14.6. The molecular weight excluding hydrogens is 210 g/mol. The molecule has 2 N–H and O–H groups in total. The van der Waals surface area contributed by atoms with Crippen LogP contribution in [0.25, 0.3) is 0 Å². The van der Waals surface area contributed by atoms with Gasteiger partial charge in [0.2, 0.25) is 0 Å². The van der Waals surface area contributed by atoms with Gasteiger partial charge in [-0.25, -0.2) is 0 Å². The maximum atomic E-state index is 9.22. The van der Waals surface area contributed by atoms with E-state index in [-0.39, 0.29) is 12.1 Å². The Hall–Kier alpha value is -0.860. The number of aryl methyl sites for hydroxylation is 1. The Balaban J connectivity index is 2.87. The van der Waals surface area contributed by atoms with Crippen molar-refractivity contribution in [2.24, 2.45) is 0 Å². The topological polar surface area (TPSA) is 32.3 Å². The van der Waals surface area contributed by atoms with E-state index < -0.39 is 0 Å². The lowest BCUT2D eigenvalue weighted by Gasteiger charge is -2.31. The first kappa shape index (κ1) is 14.2. The molecule has 1 rings (SSSR count). The van der Waals surface area contributed by atoms with Crippen molar-refractivity contribution < 1.29 is 5.11 Å². The second-order valence-corrected chi connectivity index (χ2v) is 4.78. The number of benzene rings is 1. The number of nitrogens with one attached hydrogen (secondary N) is 1. The van der Waals surface area contributed by atoms with Gasteiger partial charge in [0.1, 0.15) is 0 Å². The van der Waals surface area contributed by atoms with Gasteiger partial charge < -0.3 is 10.4 Å². The van der Waals surface area contributed by atoms with Gasteiger partial charge in [-0.3, -0.25) is 0 Å². The predicted molar refractivity (Wildman–Crippen MR) is 73.2 cm³/mol. The molecule has 1 aromatic rings. The van der Waals surface area contributed by atoms with E-state index in [1.807, 2.05) is 0 Å². The highest BCUT2D eigenvalue weighted by atomic mass is 16.3. The Morgan fingerprint density at radius 2 is 1.82 bits per heavy atom. The third kappa shape index (κ3) is 3.83. The zero-order valence-electron chi connectivity index (χ0n) is 11.3. The molecule has 2 nitrogen and oxygen atoms in total. The lowest BCUT2D eigenvalue weighted by atomic mass is 9.88. The first-order valence-electron chi connectivity index (χ1n) is 6.61. The van der Waals surface area contributed by atoms with Gasteiger partial charge in [-0.2, -0.15) is 0 Å². The Labute approximate surface area is 105 Å². The molecule has 2 heteroatoms. The van der Waals surface area contributed by atoms with Crippen molar-refractivity contribution in [3.05, 3.63) is 35.4 Å². The van der Waals surface area contributed by atoms with Crippen LogP contribution in [-0.2, 0) is 12.0 Å². The van der Waals surface area contributed by atoms with Crippen molar-refractivity contribution in [3.8, 4) is 0 Å². The Morgan fingerprint density at radius 1 is 1.18 bits per heavy atom. The first-order chi connectivity index (χ1) is 8.16. The van der Waals surface area contributed by atoms with E-state index >= 15 is 0 Å². The van der Waals surface area contributed by atoms with Crippen LogP contribution in [0.15, 0.2) is 24.3 Å². The molecule has 0 bridgehead atoms. The van der Waals surface area contributed by atoms with E-state index in [9.17, 15) is 5.11 Å². The maximum absolute atomic E-state index is 9.22. The minimum atomic E-state index is -0.114. The highest BCUT2D eigenvalue weighted by Crippen LogP contribution is 2.24. The van der Waals surface area contributed by atoms with Crippen molar-refractivity contribution in [2.45, 2.75) is 45.6 Å². The largest absolute Gasteiger partial charge is 0.396 e. The van der Waals surface area contributed by atoms with Crippen molar-refractivity contribution in [3.63, 3.8) is 0 Å². The quantitative estimate of drug-likeness (QED) is 0.761. The summed E-state index contributed by atoms with van der Waals surface area (Å²) in [6.45, 7) is 7.68. The predicted octanol–water partition coefficient (Wildman–Crippen LogP) is 2.85. The van der Waals surface area contributed by atoms with Crippen molar-refractivity contribution in [1.29, 1.82) is 0 Å². The molecule has 0 radical (unpaired) electrons.